The van der Waals surface area contributed by atoms with Crippen molar-refractivity contribution in [3.8, 4) is 11.5 Å². The van der Waals surface area contributed by atoms with Crippen molar-refractivity contribution in [1.29, 1.82) is 0 Å². The van der Waals surface area contributed by atoms with Crippen molar-refractivity contribution in [3.05, 3.63) is 47.0 Å². The maximum atomic E-state index is 12.9. The molecule has 0 atom stereocenters. The molecule has 0 spiro atoms. The monoisotopic (exact) mass is 426 g/mol. The number of nitrogens with one attached hydrogen (secondary N) is 1. The molecule has 0 unspecified atom stereocenters. The topological polar surface area (TPSA) is 84.9 Å². The lowest BCUT2D eigenvalue weighted by atomic mass is 10.2. The zero-order valence-electron chi connectivity index (χ0n) is 16.2. The molecule has 0 fully saturated rings. The first kappa shape index (κ1) is 22.0. The van der Waals surface area contributed by atoms with Crippen LogP contribution in [0.4, 0.5) is 5.69 Å². The highest BCUT2D eigenvalue weighted by Crippen LogP contribution is 2.29. The van der Waals surface area contributed by atoms with Gasteiger partial charge in [0.15, 0.2) is 0 Å². The van der Waals surface area contributed by atoms with Crippen molar-refractivity contribution in [2.75, 3.05) is 32.6 Å². The van der Waals surface area contributed by atoms with E-state index < -0.39 is 15.9 Å². The SMILES string of the molecule is CCN(CC(=O)Nc1cc(C)ccc1OC)S(=O)(=O)c1ccc(OC)c(Cl)c1. The molecule has 0 aliphatic rings. The van der Waals surface area contributed by atoms with Gasteiger partial charge in [-0.3, -0.25) is 4.79 Å². The predicted octanol–water partition coefficient (Wildman–Crippen LogP) is 3.31. The fraction of sp³-hybridized carbons (Fsp3) is 0.316. The first-order valence-corrected chi connectivity index (χ1v) is 10.3. The van der Waals surface area contributed by atoms with E-state index in [-0.39, 0.29) is 23.0 Å². The quantitative estimate of drug-likeness (QED) is 0.699. The van der Waals surface area contributed by atoms with E-state index in [4.69, 9.17) is 21.1 Å². The summed E-state index contributed by atoms with van der Waals surface area (Å²) in [5, 5.41) is 2.88. The van der Waals surface area contributed by atoms with Gasteiger partial charge in [-0.05, 0) is 42.8 Å². The molecular formula is C19H23ClN2O5S. The van der Waals surface area contributed by atoms with Crippen LogP contribution in [-0.4, -0.2) is 45.9 Å². The second-order valence-electron chi connectivity index (χ2n) is 5.98. The van der Waals surface area contributed by atoms with Gasteiger partial charge in [-0.2, -0.15) is 4.31 Å². The molecule has 2 aromatic rings. The maximum Gasteiger partial charge on any atom is 0.243 e. The van der Waals surface area contributed by atoms with Crippen molar-refractivity contribution in [2.24, 2.45) is 0 Å². The fourth-order valence-corrected chi connectivity index (χ4v) is 4.35. The lowest BCUT2D eigenvalue weighted by Crippen LogP contribution is -2.37. The van der Waals surface area contributed by atoms with Gasteiger partial charge in [0.2, 0.25) is 15.9 Å². The summed E-state index contributed by atoms with van der Waals surface area (Å²) in [7, 11) is -0.970. The maximum absolute atomic E-state index is 12.9. The summed E-state index contributed by atoms with van der Waals surface area (Å²) in [6.45, 7) is 3.30. The third-order valence-corrected chi connectivity index (χ3v) is 6.27. The zero-order valence-corrected chi connectivity index (χ0v) is 17.7. The van der Waals surface area contributed by atoms with E-state index in [2.05, 4.69) is 5.32 Å². The third kappa shape index (κ3) is 4.95. The summed E-state index contributed by atoms with van der Waals surface area (Å²) < 4.78 is 37.2. The van der Waals surface area contributed by atoms with E-state index in [9.17, 15) is 13.2 Å². The highest BCUT2D eigenvalue weighted by molar-refractivity contribution is 7.89. The minimum atomic E-state index is -3.91. The molecule has 2 rings (SSSR count). The lowest BCUT2D eigenvalue weighted by molar-refractivity contribution is -0.116. The van der Waals surface area contributed by atoms with Crippen molar-refractivity contribution in [2.45, 2.75) is 18.7 Å². The highest BCUT2D eigenvalue weighted by Gasteiger charge is 2.26. The van der Waals surface area contributed by atoms with Crippen LogP contribution >= 0.6 is 11.6 Å². The largest absolute Gasteiger partial charge is 0.495 e. The minimum absolute atomic E-state index is 0.0129. The van der Waals surface area contributed by atoms with Gasteiger partial charge in [0, 0.05) is 6.54 Å². The van der Waals surface area contributed by atoms with Crippen LogP contribution in [0.25, 0.3) is 0 Å². The average Bonchev–Trinajstić information content (AvgIpc) is 2.66. The summed E-state index contributed by atoms with van der Waals surface area (Å²) in [5.74, 6) is 0.383. The Morgan fingerprint density at radius 2 is 1.75 bits per heavy atom. The number of benzene rings is 2. The molecule has 0 radical (unpaired) electrons. The summed E-state index contributed by atoms with van der Waals surface area (Å²) in [5.41, 5.74) is 1.41. The van der Waals surface area contributed by atoms with Crippen LogP contribution in [-0.2, 0) is 14.8 Å². The molecule has 0 aromatic heterocycles. The van der Waals surface area contributed by atoms with Crippen molar-refractivity contribution >= 4 is 33.2 Å². The van der Waals surface area contributed by atoms with Crippen LogP contribution in [0.15, 0.2) is 41.3 Å². The van der Waals surface area contributed by atoms with Crippen LogP contribution in [0.1, 0.15) is 12.5 Å². The van der Waals surface area contributed by atoms with Crippen molar-refractivity contribution < 1.29 is 22.7 Å². The molecule has 0 bridgehead atoms. The summed E-state index contributed by atoms with van der Waals surface area (Å²) in [4.78, 5) is 12.5. The van der Waals surface area contributed by atoms with E-state index in [0.29, 0.717) is 17.2 Å². The number of anilines is 1. The first-order valence-electron chi connectivity index (χ1n) is 8.51. The Morgan fingerprint density at radius 1 is 1.11 bits per heavy atom. The number of carbonyl (C=O) groups excluding carboxylic acids is 1. The molecule has 1 amide bonds. The van der Waals surface area contributed by atoms with Gasteiger partial charge in [-0.15, -0.1) is 0 Å². The Bertz CT molecular complexity index is 963. The number of rotatable bonds is 8. The number of hydrogen-bond donors (Lipinski definition) is 1. The zero-order chi connectivity index (χ0) is 20.9. The van der Waals surface area contributed by atoms with E-state index in [1.165, 1.54) is 32.4 Å². The normalized spacial score (nSPS) is 11.4. The molecule has 1 N–H and O–H groups in total. The number of amides is 1. The fourth-order valence-electron chi connectivity index (χ4n) is 2.59. The van der Waals surface area contributed by atoms with Gasteiger partial charge < -0.3 is 14.8 Å². The van der Waals surface area contributed by atoms with Gasteiger partial charge in [0.25, 0.3) is 0 Å². The molecule has 9 heteroatoms. The van der Waals surface area contributed by atoms with E-state index in [0.717, 1.165) is 9.87 Å². The number of hydrogen-bond acceptors (Lipinski definition) is 5. The molecule has 0 heterocycles. The van der Waals surface area contributed by atoms with Crippen LogP contribution < -0.4 is 14.8 Å². The summed E-state index contributed by atoms with van der Waals surface area (Å²) >= 11 is 6.04. The molecule has 28 heavy (non-hydrogen) atoms. The number of halogens is 1. The Hall–Kier alpha value is -2.29. The van der Waals surface area contributed by atoms with Gasteiger partial charge >= 0.3 is 0 Å². The number of methoxy groups -OCH3 is 2. The average molecular weight is 427 g/mol. The molecule has 0 saturated carbocycles. The minimum Gasteiger partial charge on any atom is -0.495 e. The summed E-state index contributed by atoms with van der Waals surface area (Å²) in [6.07, 6.45) is 0. The molecule has 0 saturated heterocycles. The first-order chi connectivity index (χ1) is 13.2. The molecule has 0 aliphatic carbocycles. The van der Waals surface area contributed by atoms with E-state index in [1.54, 1.807) is 19.1 Å². The van der Waals surface area contributed by atoms with Crippen molar-refractivity contribution in [3.63, 3.8) is 0 Å². The second kappa shape index (κ2) is 9.27. The van der Waals surface area contributed by atoms with Crippen LogP contribution in [0.3, 0.4) is 0 Å². The standard InChI is InChI=1S/C19H23ClN2O5S/c1-5-22(28(24,25)14-7-9-17(26-3)15(20)11-14)12-19(23)21-16-10-13(2)6-8-18(16)27-4/h6-11H,5,12H2,1-4H3,(H,21,23). The summed E-state index contributed by atoms with van der Waals surface area (Å²) in [6, 6.07) is 9.51. The van der Waals surface area contributed by atoms with Crippen LogP contribution in [0.5, 0.6) is 11.5 Å². The Kier molecular flexibility index (Phi) is 7.29. The lowest BCUT2D eigenvalue weighted by Gasteiger charge is -2.21. The van der Waals surface area contributed by atoms with E-state index >= 15 is 0 Å². The third-order valence-electron chi connectivity index (χ3n) is 4.06. The molecule has 0 aliphatic heterocycles. The van der Waals surface area contributed by atoms with Crippen LogP contribution in [0.2, 0.25) is 5.02 Å². The molecule has 2 aromatic carbocycles. The highest BCUT2D eigenvalue weighted by atomic mass is 35.5. The Balaban J connectivity index is 2.22. The molecule has 152 valence electrons. The number of sulfonamides is 1. The van der Waals surface area contributed by atoms with Crippen LogP contribution in [0, 0.1) is 6.92 Å². The van der Waals surface area contributed by atoms with Gasteiger partial charge in [-0.25, -0.2) is 8.42 Å². The number of aryl methyl sites for hydroxylation is 1. The number of ether oxygens (including phenoxy) is 2. The smallest absolute Gasteiger partial charge is 0.243 e. The number of carbonyl (C=O) groups is 1. The molecule has 7 nitrogen and oxygen atoms in total. The van der Waals surface area contributed by atoms with Gasteiger partial charge in [0.1, 0.15) is 11.5 Å². The number of likely N-dealkylation sites (N-methyl/N-ethyl adjacent to an activating group) is 1. The predicted molar refractivity (Wildman–Crippen MR) is 109 cm³/mol. The number of nitrogens with zero attached hydrogens (tertiary/aromatic N) is 1. The van der Waals surface area contributed by atoms with E-state index in [1.807, 2.05) is 13.0 Å². The van der Waals surface area contributed by atoms with Gasteiger partial charge in [-0.1, -0.05) is 24.6 Å². The van der Waals surface area contributed by atoms with Crippen molar-refractivity contribution in [1.82, 2.24) is 4.31 Å². The Labute approximate surface area is 170 Å². The van der Waals surface area contributed by atoms with Gasteiger partial charge in [0.05, 0.1) is 36.4 Å². The molecular weight excluding hydrogens is 404 g/mol. The second-order valence-corrected chi connectivity index (χ2v) is 8.32. The Morgan fingerprint density at radius 3 is 2.32 bits per heavy atom.